The second kappa shape index (κ2) is 4.27. The lowest BCUT2D eigenvalue weighted by molar-refractivity contribution is 0.174. The second-order valence-corrected chi connectivity index (χ2v) is 3.54. The molecule has 1 rings (SSSR count). The number of alkyl halides is 1. The molecule has 0 heterocycles. The Kier molecular flexibility index (Phi) is 3.61. The van der Waals surface area contributed by atoms with Crippen LogP contribution >= 0.6 is 20.3 Å². The first-order valence-corrected chi connectivity index (χ1v) is 4.62. The van der Waals surface area contributed by atoms with Gasteiger partial charge in [-0.25, -0.2) is 4.57 Å². The van der Waals surface area contributed by atoms with Crippen molar-refractivity contribution in [1.29, 1.82) is 0 Å². The summed E-state index contributed by atoms with van der Waals surface area (Å²) in [5, 5.41) is 0.223. The first-order valence-electron chi connectivity index (χ1n) is 3.45. The SMILES string of the molecule is O=POC1CCCC(Cl)C1. The summed E-state index contributed by atoms with van der Waals surface area (Å²) in [5.41, 5.74) is 0. The lowest BCUT2D eigenvalue weighted by Crippen LogP contribution is -2.20. The summed E-state index contributed by atoms with van der Waals surface area (Å²) < 4.78 is 14.9. The molecule has 0 aliphatic heterocycles. The number of hydrogen-bond acceptors (Lipinski definition) is 2. The second-order valence-electron chi connectivity index (χ2n) is 2.57. The van der Waals surface area contributed by atoms with Gasteiger partial charge in [0.25, 0.3) is 0 Å². The average molecular weight is 181 g/mol. The zero-order valence-corrected chi connectivity index (χ0v) is 7.28. The molecular formula is C6H10ClO2P. The van der Waals surface area contributed by atoms with Crippen LogP contribution in [0.4, 0.5) is 0 Å². The standard InChI is InChI=1S/C6H10ClO2P/c7-5-2-1-3-6(4-5)9-10-8/h5-6H,1-4H2. The van der Waals surface area contributed by atoms with E-state index in [-0.39, 0.29) is 20.2 Å². The largest absolute Gasteiger partial charge is 0.327 e. The van der Waals surface area contributed by atoms with Gasteiger partial charge in [0.1, 0.15) is 0 Å². The van der Waals surface area contributed by atoms with E-state index in [0.717, 1.165) is 25.7 Å². The highest BCUT2D eigenvalue weighted by Crippen LogP contribution is 2.26. The van der Waals surface area contributed by atoms with E-state index in [4.69, 9.17) is 16.1 Å². The van der Waals surface area contributed by atoms with E-state index in [1.54, 1.807) is 0 Å². The lowest BCUT2D eigenvalue weighted by atomic mass is 9.98. The Morgan fingerprint density at radius 2 is 2.30 bits per heavy atom. The first kappa shape index (κ1) is 8.45. The molecule has 1 aliphatic rings. The third kappa shape index (κ3) is 2.53. The van der Waals surface area contributed by atoms with Crippen LogP contribution in [0.3, 0.4) is 0 Å². The van der Waals surface area contributed by atoms with Gasteiger partial charge in [-0.2, -0.15) is 0 Å². The molecule has 0 aromatic carbocycles. The van der Waals surface area contributed by atoms with E-state index < -0.39 is 0 Å². The van der Waals surface area contributed by atoms with E-state index in [2.05, 4.69) is 0 Å². The van der Waals surface area contributed by atoms with Gasteiger partial charge in [-0.15, -0.1) is 11.6 Å². The van der Waals surface area contributed by atoms with Gasteiger partial charge in [0.05, 0.1) is 6.10 Å². The fourth-order valence-electron chi connectivity index (χ4n) is 1.24. The van der Waals surface area contributed by atoms with Crippen LogP contribution in [-0.2, 0) is 9.09 Å². The van der Waals surface area contributed by atoms with Gasteiger partial charge >= 0.3 is 8.69 Å². The Balaban J connectivity index is 2.24. The smallest absolute Gasteiger partial charge is 0.291 e. The number of hydrogen-bond donors (Lipinski definition) is 0. The van der Waals surface area contributed by atoms with E-state index >= 15 is 0 Å². The van der Waals surface area contributed by atoms with Crippen LogP contribution in [0, 0.1) is 0 Å². The molecule has 10 heavy (non-hydrogen) atoms. The lowest BCUT2D eigenvalue weighted by Gasteiger charge is -2.22. The average Bonchev–Trinajstić information content (AvgIpc) is 1.88. The fourth-order valence-corrected chi connectivity index (χ4v) is 1.91. The Labute approximate surface area is 67.2 Å². The highest BCUT2D eigenvalue weighted by atomic mass is 35.5. The van der Waals surface area contributed by atoms with Crippen LogP contribution < -0.4 is 0 Å². The van der Waals surface area contributed by atoms with E-state index in [1.165, 1.54) is 0 Å². The predicted molar refractivity (Wildman–Crippen MR) is 40.6 cm³/mol. The molecule has 1 saturated carbocycles. The Hall–Kier alpha value is 0.350. The minimum Gasteiger partial charge on any atom is -0.291 e. The fraction of sp³-hybridized carbons (Fsp3) is 1.00. The molecule has 0 aromatic heterocycles. The molecule has 0 spiro atoms. The molecule has 2 nitrogen and oxygen atoms in total. The van der Waals surface area contributed by atoms with Crippen molar-refractivity contribution in [2.45, 2.75) is 37.2 Å². The monoisotopic (exact) mass is 180 g/mol. The molecular weight excluding hydrogens is 170 g/mol. The summed E-state index contributed by atoms with van der Waals surface area (Å²) in [6.07, 6.45) is 4.12. The Morgan fingerprint density at radius 1 is 1.50 bits per heavy atom. The van der Waals surface area contributed by atoms with Crippen LogP contribution in [-0.4, -0.2) is 11.5 Å². The summed E-state index contributed by atoms with van der Waals surface area (Å²) >= 11 is 5.86. The van der Waals surface area contributed by atoms with Gasteiger partial charge in [0, 0.05) is 5.38 Å². The van der Waals surface area contributed by atoms with Gasteiger partial charge in [-0.05, 0) is 25.7 Å². The van der Waals surface area contributed by atoms with Crippen LogP contribution in [0.25, 0.3) is 0 Å². The summed E-state index contributed by atoms with van der Waals surface area (Å²) in [4.78, 5) is 0. The Bertz CT molecular complexity index is 120. The zero-order valence-electron chi connectivity index (χ0n) is 5.62. The molecule has 0 amide bonds. The molecule has 1 fully saturated rings. The van der Waals surface area contributed by atoms with Gasteiger partial charge < -0.3 is 0 Å². The summed E-state index contributed by atoms with van der Waals surface area (Å²) in [6, 6.07) is 0. The molecule has 0 aromatic rings. The van der Waals surface area contributed by atoms with Crippen molar-refractivity contribution in [1.82, 2.24) is 0 Å². The topological polar surface area (TPSA) is 26.3 Å². The summed E-state index contributed by atoms with van der Waals surface area (Å²) in [6.45, 7) is 0. The van der Waals surface area contributed by atoms with E-state index in [1.807, 2.05) is 0 Å². The zero-order chi connectivity index (χ0) is 7.40. The molecule has 0 radical (unpaired) electrons. The van der Waals surface area contributed by atoms with E-state index in [0.29, 0.717) is 0 Å². The summed E-state index contributed by atoms with van der Waals surface area (Å²) in [7, 11) is -0.214. The van der Waals surface area contributed by atoms with Crippen molar-refractivity contribution in [3.05, 3.63) is 0 Å². The number of halogens is 1. The first-order chi connectivity index (χ1) is 4.83. The van der Waals surface area contributed by atoms with Crippen molar-refractivity contribution in [2.75, 3.05) is 0 Å². The molecule has 0 bridgehead atoms. The van der Waals surface area contributed by atoms with E-state index in [9.17, 15) is 4.57 Å². The highest BCUT2D eigenvalue weighted by molar-refractivity contribution is 7.17. The van der Waals surface area contributed by atoms with Crippen molar-refractivity contribution in [3.8, 4) is 0 Å². The quantitative estimate of drug-likeness (QED) is 0.483. The van der Waals surface area contributed by atoms with Crippen molar-refractivity contribution in [3.63, 3.8) is 0 Å². The van der Waals surface area contributed by atoms with Crippen LogP contribution in [0.15, 0.2) is 0 Å². The molecule has 0 N–H and O–H groups in total. The maximum Gasteiger partial charge on any atom is 0.327 e. The third-order valence-corrected chi connectivity index (χ3v) is 2.53. The maximum absolute atomic E-state index is 10.0. The Morgan fingerprint density at radius 3 is 2.90 bits per heavy atom. The van der Waals surface area contributed by atoms with Gasteiger partial charge in [0.2, 0.25) is 0 Å². The third-order valence-electron chi connectivity index (χ3n) is 1.75. The minimum atomic E-state index is -0.214. The molecule has 58 valence electrons. The normalized spacial score (nSPS) is 34.5. The van der Waals surface area contributed by atoms with Crippen molar-refractivity contribution < 1.29 is 9.09 Å². The predicted octanol–water partition coefficient (Wildman–Crippen LogP) is 2.76. The highest BCUT2D eigenvalue weighted by Gasteiger charge is 2.20. The van der Waals surface area contributed by atoms with Gasteiger partial charge in [0.15, 0.2) is 0 Å². The van der Waals surface area contributed by atoms with Crippen LogP contribution in [0.1, 0.15) is 25.7 Å². The maximum atomic E-state index is 10.0. The van der Waals surface area contributed by atoms with Crippen molar-refractivity contribution >= 4 is 20.3 Å². The van der Waals surface area contributed by atoms with Gasteiger partial charge in [-0.3, -0.25) is 4.52 Å². The van der Waals surface area contributed by atoms with Crippen molar-refractivity contribution in [2.24, 2.45) is 0 Å². The number of rotatable bonds is 2. The minimum absolute atomic E-state index is 0.121. The molecule has 2 atom stereocenters. The molecule has 0 saturated heterocycles. The van der Waals surface area contributed by atoms with Gasteiger partial charge in [-0.1, -0.05) is 0 Å². The molecule has 2 unspecified atom stereocenters. The molecule has 4 heteroatoms. The molecule has 1 aliphatic carbocycles. The summed E-state index contributed by atoms with van der Waals surface area (Å²) in [5.74, 6) is 0. The van der Waals surface area contributed by atoms with Crippen LogP contribution in [0.5, 0.6) is 0 Å². The van der Waals surface area contributed by atoms with Crippen LogP contribution in [0.2, 0.25) is 0 Å².